The number of rotatable bonds is 7. The monoisotopic (exact) mass is 585 g/mol. The minimum Gasteiger partial charge on any atom is -0.494 e. The van der Waals surface area contributed by atoms with Crippen LogP contribution in [-0.2, 0) is 6.54 Å². The van der Waals surface area contributed by atoms with E-state index in [9.17, 15) is 13.6 Å². The molecule has 1 amide bonds. The van der Waals surface area contributed by atoms with Gasteiger partial charge in [-0.3, -0.25) is 19.8 Å². The van der Waals surface area contributed by atoms with E-state index in [4.69, 9.17) is 4.74 Å². The van der Waals surface area contributed by atoms with Gasteiger partial charge in [0, 0.05) is 34.5 Å². The molecule has 4 heterocycles. The van der Waals surface area contributed by atoms with E-state index in [1.54, 1.807) is 36.7 Å². The quantitative estimate of drug-likeness (QED) is 0.234. The van der Waals surface area contributed by atoms with E-state index in [0.29, 0.717) is 60.9 Å². The van der Waals surface area contributed by atoms with Crippen LogP contribution in [0.5, 0.6) is 5.75 Å². The van der Waals surface area contributed by atoms with Crippen molar-refractivity contribution in [3.63, 3.8) is 0 Å². The summed E-state index contributed by atoms with van der Waals surface area (Å²) in [5.74, 6) is 6.82. The zero-order chi connectivity index (χ0) is 29.2. The molecular formula is C30H25F2N7O2S. The fraction of sp³-hybridized carbons (Fsp3) is 0.267. The van der Waals surface area contributed by atoms with Crippen LogP contribution in [0.1, 0.15) is 41.0 Å². The minimum absolute atomic E-state index is 0.345. The number of anilines is 1. The number of alkyl halides is 2. The van der Waals surface area contributed by atoms with Crippen molar-refractivity contribution in [2.24, 2.45) is 5.92 Å². The highest BCUT2D eigenvalue weighted by Gasteiger charge is 2.21. The van der Waals surface area contributed by atoms with E-state index >= 15 is 0 Å². The lowest BCUT2D eigenvalue weighted by Gasteiger charge is -2.18. The van der Waals surface area contributed by atoms with Crippen molar-refractivity contribution in [2.45, 2.75) is 39.2 Å². The molecule has 0 radical (unpaired) electrons. The van der Waals surface area contributed by atoms with Crippen molar-refractivity contribution in [2.75, 3.05) is 12.4 Å². The summed E-state index contributed by atoms with van der Waals surface area (Å²) in [7, 11) is 1.53. The van der Waals surface area contributed by atoms with Gasteiger partial charge in [0.1, 0.15) is 18.0 Å². The Labute approximate surface area is 244 Å². The number of carbonyl (C=O) groups excluding carboxylic acids is 1. The maximum atomic E-state index is 13.7. The molecule has 6 rings (SSSR count). The molecule has 9 nitrogen and oxygen atoms in total. The number of nitrogens with one attached hydrogen (secondary N) is 1. The summed E-state index contributed by atoms with van der Waals surface area (Å²) >= 11 is 1.21. The van der Waals surface area contributed by atoms with Crippen LogP contribution in [0.2, 0.25) is 0 Å². The first-order valence-electron chi connectivity index (χ1n) is 13.3. The Bertz CT molecular complexity index is 1850. The molecule has 1 aromatic carbocycles. The normalized spacial score (nSPS) is 13.1. The molecule has 212 valence electrons. The zero-order valence-corrected chi connectivity index (χ0v) is 23.6. The molecule has 0 spiro atoms. The minimum atomic E-state index is -2.52. The Hall–Kier alpha value is -4.76. The second kappa shape index (κ2) is 11.6. The van der Waals surface area contributed by atoms with Gasteiger partial charge in [-0.15, -0.1) is 0 Å². The number of benzene rings is 1. The number of halogens is 2. The van der Waals surface area contributed by atoms with Gasteiger partial charge < -0.3 is 4.74 Å². The van der Waals surface area contributed by atoms with Crippen LogP contribution in [0.3, 0.4) is 0 Å². The summed E-state index contributed by atoms with van der Waals surface area (Å²) in [6.07, 6.45) is 5.61. The Balaban J connectivity index is 1.34. The molecule has 1 aliphatic carbocycles. The van der Waals surface area contributed by atoms with E-state index in [0.717, 1.165) is 18.5 Å². The number of aryl methyl sites for hydroxylation is 1. The lowest BCUT2D eigenvalue weighted by molar-refractivity contribution is 0.102. The SMILES string of the molecule is COc1cnc(C)cc1-c1cc(-c2ccn(CC(F)F)n2)ccc1C(=O)Nc1nc2ncc(C#CC3CCC3)nc2s1. The van der Waals surface area contributed by atoms with Crippen LogP contribution in [0.25, 0.3) is 32.9 Å². The first-order chi connectivity index (χ1) is 20.4. The molecule has 0 unspecified atom stereocenters. The number of hydrogen-bond donors (Lipinski definition) is 1. The number of carbonyl (C=O) groups is 1. The number of pyridine rings is 1. The third-order valence-electron chi connectivity index (χ3n) is 6.89. The van der Waals surface area contributed by atoms with Crippen LogP contribution in [0, 0.1) is 24.7 Å². The fourth-order valence-electron chi connectivity index (χ4n) is 4.53. The van der Waals surface area contributed by atoms with Gasteiger partial charge in [-0.1, -0.05) is 29.7 Å². The average Bonchev–Trinajstić information content (AvgIpc) is 3.57. The van der Waals surface area contributed by atoms with Gasteiger partial charge in [0.15, 0.2) is 15.6 Å². The predicted molar refractivity (Wildman–Crippen MR) is 156 cm³/mol. The summed E-state index contributed by atoms with van der Waals surface area (Å²) in [4.78, 5) is 31.9. The van der Waals surface area contributed by atoms with Crippen molar-refractivity contribution in [1.82, 2.24) is 29.7 Å². The topological polar surface area (TPSA) is 108 Å². The van der Waals surface area contributed by atoms with Crippen LogP contribution >= 0.6 is 11.3 Å². The fourth-order valence-corrected chi connectivity index (χ4v) is 5.32. The molecule has 1 N–H and O–H groups in total. The maximum Gasteiger partial charge on any atom is 0.258 e. The molecular weight excluding hydrogens is 560 g/mol. The molecule has 1 fully saturated rings. The molecule has 4 aromatic heterocycles. The summed E-state index contributed by atoms with van der Waals surface area (Å²) in [6, 6.07) is 8.65. The number of fused-ring (bicyclic) bond motifs is 1. The van der Waals surface area contributed by atoms with E-state index in [1.807, 2.05) is 13.0 Å². The van der Waals surface area contributed by atoms with Gasteiger partial charge in [-0.25, -0.2) is 18.7 Å². The Morgan fingerprint density at radius 2 is 2.02 bits per heavy atom. The number of methoxy groups -OCH3 is 1. The first-order valence-corrected chi connectivity index (χ1v) is 14.1. The third kappa shape index (κ3) is 5.82. The van der Waals surface area contributed by atoms with Crippen LogP contribution in [0.15, 0.2) is 48.9 Å². The van der Waals surface area contributed by atoms with Gasteiger partial charge in [0.25, 0.3) is 12.3 Å². The second-order valence-electron chi connectivity index (χ2n) is 9.85. The van der Waals surface area contributed by atoms with Crippen molar-refractivity contribution in [1.29, 1.82) is 0 Å². The summed E-state index contributed by atoms with van der Waals surface area (Å²) < 4.78 is 32.5. The second-order valence-corrected chi connectivity index (χ2v) is 10.8. The number of thiazole rings is 1. The van der Waals surface area contributed by atoms with Crippen LogP contribution in [-0.4, -0.2) is 49.2 Å². The standard InChI is InChI=1S/C30H25F2N7O2S/c1-17-12-23(25(41-2)15-33-17)22-13-19(24-10-11-39(38-24)16-26(31)32)7-9-21(22)28(40)37-30-36-27-29(42-30)35-20(14-34-27)8-6-18-4-3-5-18/h7,9-15,18,26H,3-5,16H2,1-2H3,(H,34,36,37,40). The molecule has 5 aromatic rings. The lowest BCUT2D eigenvalue weighted by atomic mass is 9.86. The van der Waals surface area contributed by atoms with Gasteiger partial charge in [-0.2, -0.15) is 10.1 Å². The first kappa shape index (κ1) is 27.4. The summed E-state index contributed by atoms with van der Waals surface area (Å²) in [5.41, 5.74) is 4.41. The van der Waals surface area contributed by atoms with Crippen LogP contribution < -0.4 is 10.1 Å². The van der Waals surface area contributed by atoms with E-state index < -0.39 is 18.9 Å². The Kier molecular flexibility index (Phi) is 7.58. The van der Waals surface area contributed by atoms with Crippen molar-refractivity contribution in [3.8, 4) is 40.0 Å². The molecule has 42 heavy (non-hydrogen) atoms. The highest BCUT2D eigenvalue weighted by Crippen LogP contribution is 2.36. The lowest BCUT2D eigenvalue weighted by Crippen LogP contribution is -2.13. The number of amides is 1. The Morgan fingerprint density at radius 1 is 1.17 bits per heavy atom. The van der Waals surface area contributed by atoms with Crippen LogP contribution in [0.4, 0.5) is 13.9 Å². The molecule has 12 heteroatoms. The summed E-state index contributed by atoms with van der Waals surface area (Å²) in [5, 5.41) is 7.50. The van der Waals surface area contributed by atoms with Gasteiger partial charge in [0.2, 0.25) is 0 Å². The highest BCUT2D eigenvalue weighted by atomic mass is 32.1. The van der Waals surface area contributed by atoms with E-state index in [1.165, 1.54) is 35.7 Å². The average molecular weight is 586 g/mol. The van der Waals surface area contributed by atoms with Crippen molar-refractivity contribution < 1.29 is 18.3 Å². The molecule has 0 bridgehead atoms. The van der Waals surface area contributed by atoms with Gasteiger partial charge >= 0.3 is 0 Å². The van der Waals surface area contributed by atoms with Gasteiger partial charge in [0.05, 0.1) is 25.2 Å². The smallest absolute Gasteiger partial charge is 0.258 e. The van der Waals surface area contributed by atoms with Gasteiger partial charge in [-0.05, 0) is 55.5 Å². The van der Waals surface area contributed by atoms with E-state index in [2.05, 4.69) is 42.2 Å². The largest absolute Gasteiger partial charge is 0.494 e. The number of aromatic nitrogens is 6. The zero-order valence-electron chi connectivity index (χ0n) is 22.8. The maximum absolute atomic E-state index is 13.7. The van der Waals surface area contributed by atoms with Crippen molar-refractivity contribution in [3.05, 3.63) is 65.9 Å². The number of hydrogen-bond acceptors (Lipinski definition) is 8. The Morgan fingerprint density at radius 3 is 2.79 bits per heavy atom. The van der Waals surface area contributed by atoms with Crippen molar-refractivity contribution >= 4 is 32.9 Å². The molecule has 1 aliphatic rings. The summed E-state index contributed by atoms with van der Waals surface area (Å²) in [6.45, 7) is 1.33. The predicted octanol–water partition coefficient (Wildman–Crippen LogP) is 6.00. The highest BCUT2D eigenvalue weighted by molar-refractivity contribution is 7.21. The third-order valence-corrected chi connectivity index (χ3v) is 7.75. The molecule has 0 aliphatic heterocycles. The number of ether oxygens (including phenoxy) is 1. The molecule has 1 saturated carbocycles. The molecule has 0 saturated heterocycles. The molecule has 0 atom stereocenters. The van der Waals surface area contributed by atoms with E-state index in [-0.39, 0.29) is 0 Å². The number of nitrogens with zero attached hydrogens (tertiary/aromatic N) is 6.